The lowest BCUT2D eigenvalue weighted by Gasteiger charge is -2.35. The predicted octanol–water partition coefficient (Wildman–Crippen LogP) is 1.70. The highest BCUT2D eigenvalue weighted by atomic mass is 16.3. The molecule has 1 atom stereocenters. The fraction of sp³-hybridized carbons (Fsp3) is 0.619. The van der Waals surface area contributed by atoms with Crippen LogP contribution in [0.1, 0.15) is 59.7 Å². The molecule has 0 bridgehead atoms. The number of nitrogens with zero attached hydrogens (tertiary/aromatic N) is 4. The number of hydrogen-bond acceptors (Lipinski definition) is 6. The first kappa shape index (κ1) is 19.8. The molecule has 2 aliphatic rings. The number of rotatable bonds is 6. The minimum atomic E-state index is -0.208. The second-order valence-corrected chi connectivity index (χ2v) is 8.03. The van der Waals surface area contributed by atoms with Gasteiger partial charge in [-0.05, 0) is 50.6 Å². The summed E-state index contributed by atoms with van der Waals surface area (Å²) in [6, 6.07) is 2.03. The molecular weight excluding hydrogens is 370 g/mol. The van der Waals surface area contributed by atoms with Crippen molar-refractivity contribution in [3.05, 3.63) is 45.5 Å². The van der Waals surface area contributed by atoms with Crippen molar-refractivity contribution in [2.75, 3.05) is 19.6 Å². The van der Waals surface area contributed by atoms with Crippen LogP contribution in [0, 0.1) is 6.92 Å². The number of carbonyl (C=O) groups is 1. The van der Waals surface area contributed by atoms with E-state index in [-0.39, 0.29) is 17.5 Å². The Morgan fingerprint density at radius 2 is 2.10 bits per heavy atom. The first-order chi connectivity index (χ1) is 14.1. The van der Waals surface area contributed by atoms with Crippen LogP contribution < -0.4 is 10.9 Å². The highest BCUT2D eigenvalue weighted by Gasteiger charge is 2.24. The van der Waals surface area contributed by atoms with Crippen LogP contribution in [0.2, 0.25) is 0 Å². The molecule has 156 valence electrons. The number of oxazole rings is 1. The zero-order valence-corrected chi connectivity index (χ0v) is 17.0. The topological polar surface area (TPSA) is 93.3 Å². The zero-order chi connectivity index (χ0) is 20.2. The van der Waals surface area contributed by atoms with Crippen LogP contribution in [0.3, 0.4) is 0 Å². The number of aryl methyl sites for hydroxylation is 3. The summed E-state index contributed by atoms with van der Waals surface area (Å²) < 4.78 is 6.73. The third kappa shape index (κ3) is 4.75. The van der Waals surface area contributed by atoms with Gasteiger partial charge in [0, 0.05) is 32.1 Å². The van der Waals surface area contributed by atoms with Gasteiger partial charge >= 0.3 is 0 Å². The molecule has 2 aromatic heterocycles. The van der Waals surface area contributed by atoms with E-state index in [2.05, 4.69) is 20.3 Å². The first-order valence-corrected chi connectivity index (χ1v) is 10.6. The third-order valence-electron chi connectivity index (χ3n) is 5.97. The first-order valence-electron chi connectivity index (χ1n) is 10.6. The Kier molecular flexibility index (Phi) is 6.08. The van der Waals surface area contributed by atoms with E-state index in [4.69, 9.17) is 4.42 Å². The van der Waals surface area contributed by atoms with Crippen molar-refractivity contribution < 1.29 is 9.21 Å². The van der Waals surface area contributed by atoms with Gasteiger partial charge in [-0.3, -0.25) is 14.5 Å². The number of carbonyl (C=O) groups excluding carboxylic acids is 1. The molecule has 0 saturated carbocycles. The van der Waals surface area contributed by atoms with Gasteiger partial charge in [0.1, 0.15) is 6.26 Å². The molecule has 0 radical (unpaired) electrons. The van der Waals surface area contributed by atoms with Crippen LogP contribution in [-0.2, 0) is 19.4 Å². The minimum absolute atomic E-state index is 0.00564. The van der Waals surface area contributed by atoms with Crippen molar-refractivity contribution in [3.8, 4) is 0 Å². The van der Waals surface area contributed by atoms with Crippen LogP contribution in [0.4, 0.5) is 0 Å². The number of amides is 1. The van der Waals surface area contributed by atoms with E-state index >= 15 is 0 Å². The second-order valence-electron chi connectivity index (χ2n) is 8.03. The van der Waals surface area contributed by atoms with Gasteiger partial charge in [0.05, 0.1) is 12.2 Å². The average molecular weight is 399 g/mol. The lowest BCUT2D eigenvalue weighted by molar-refractivity contribution is 0.0904. The molecule has 0 aromatic carbocycles. The predicted molar refractivity (Wildman–Crippen MR) is 108 cm³/mol. The summed E-state index contributed by atoms with van der Waals surface area (Å²) in [5.41, 5.74) is 2.52. The number of hydrogen-bond donors (Lipinski definition) is 1. The van der Waals surface area contributed by atoms with Gasteiger partial charge in [0.25, 0.3) is 11.5 Å². The lowest BCUT2D eigenvalue weighted by atomic mass is 9.97. The van der Waals surface area contributed by atoms with E-state index < -0.39 is 0 Å². The molecule has 1 amide bonds. The highest BCUT2D eigenvalue weighted by molar-refractivity contribution is 5.91. The van der Waals surface area contributed by atoms with Gasteiger partial charge in [0.2, 0.25) is 0 Å². The lowest BCUT2D eigenvalue weighted by Crippen LogP contribution is -2.48. The molecular formula is C21H29N5O3. The molecule has 8 nitrogen and oxygen atoms in total. The van der Waals surface area contributed by atoms with Gasteiger partial charge in [-0.1, -0.05) is 6.42 Å². The fourth-order valence-corrected chi connectivity index (χ4v) is 4.34. The zero-order valence-electron chi connectivity index (χ0n) is 17.0. The smallest absolute Gasteiger partial charge is 0.273 e. The summed E-state index contributed by atoms with van der Waals surface area (Å²) >= 11 is 0. The maximum Gasteiger partial charge on any atom is 0.273 e. The summed E-state index contributed by atoms with van der Waals surface area (Å²) in [5, 5.41) is 7.60. The standard InChI is InChI=1S/C21H29N5O3/c1-15-23-19(14-29-15)21(28)22-13-17-7-4-5-9-25(17)10-11-26-20(27)12-16-6-2-3-8-18(16)24-26/h12,14,17H,2-11,13H2,1H3,(H,22,28). The van der Waals surface area contributed by atoms with Gasteiger partial charge in [-0.2, -0.15) is 5.10 Å². The van der Waals surface area contributed by atoms with Crippen LogP contribution in [0.15, 0.2) is 21.5 Å². The Labute approximate surface area is 170 Å². The summed E-state index contributed by atoms with van der Waals surface area (Å²) in [6.45, 7) is 4.60. The molecule has 1 aliphatic carbocycles. The Balaban J connectivity index is 1.35. The molecule has 1 unspecified atom stereocenters. The van der Waals surface area contributed by atoms with Gasteiger partial charge < -0.3 is 9.73 Å². The van der Waals surface area contributed by atoms with Crippen molar-refractivity contribution in [2.24, 2.45) is 0 Å². The summed E-state index contributed by atoms with van der Waals surface area (Å²) in [7, 11) is 0. The Morgan fingerprint density at radius 3 is 2.93 bits per heavy atom. The van der Waals surface area contributed by atoms with E-state index in [1.165, 1.54) is 6.26 Å². The number of fused-ring (bicyclic) bond motifs is 1. The third-order valence-corrected chi connectivity index (χ3v) is 5.97. The summed E-state index contributed by atoms with van der Waals surface area (Å²) in [5.74, 6) is 0.275. The molecule has 1 aliphatic heterocycles. The maximum absolute atomic E-state index is 12.4. The normalized spacial score (nSPS) is 19.7. The van der Waals surface area contributed by atoms with Crippen LogP contribution in [-0.4, -0.2) is 51.2 Å². The summed E-state index contributed by atoms with van der Waals surface area (Å²) in [6.07, 6.45) is 8.94. The van der Waals surface area contributed by atoms with Crippen LogP contribution in [0.5, 0.6) is 0 Å². The quantitative estimate of drug-likeness (QED) is 0.795. The van der Waals surface area contributed by atoms with E-state index in [0.717, 1.165) is 69.3 Å². The maximum atomic E-state index is 12.4. The minimum Gasteiger partial charge on any atom is -0.448 e. The highest BCUT2D eigenvalue weighted by Crippen LogP contribution is 2.18. The molecule has 0 spiro atoms. The monoisotopic (exact) mass is 399 g/mol. The van der Waals surface area contributed by atoms with E-state index in [1.807, 2.05) is 0 Å². The molecule has 29 heavy (non-hydrogen) atoms. The van der Waals surface area contributed by atoms with E-state index in [9.17, 15) is 9.59 Å². The summed E-state index contributed by atoms with van der Waals surface area (Å²) in [4.78, 5) is 31.1. The second kappa shape index (κ2) is 8.90. The number of nitrogens with one attached hydrogen (secondary N) is 1. The average Bonchev–Trinajstić information content (AvgIpc) is 3.17. The molecule has 3 heterocycles. The Morgan fingerprint density at radius 1 is 1.24 bits per heavy atom. The van der Waals surface area contributed by atoms with Crippen molar-refractivity contribution >= 4 is 5.91 Å². The Hall–Kier alpha value is -2.48. The molecule has 1 N–H and O–H groups in total. The van der Waals surface area contributed by atoms with Crippen molar-refractivity contribution in [3.63, 3.8) is 0 Å². The molecule has 8 heteroatoms. The number of piperidine rings is 1. The van der Waals surface area contributed by atoms with Crippen molar-refractivity contribution in [1.82, 2.24) is 25.0 Å². The SMILES string of the molecule is Cc1nc(C(=O)NCC2CCCCN2CCn2nc3c(cc2=O)CCCC3)co1. The Bertz CT molecular complexity index is 919. The van der Waals surface area contributed by atoms with Crippen LogP contribution >= 0.6 is 0 Å². The largest absolute Gasteiger partial charge is 0.448 e. The van der Waals surface area contributed by atoms with Crippen molar-refractivity contribution in [1.29, 1.82) is 0 Å². The fourth-order valence-electron chi connectivity index (χ4n) is 4.34. The van der Waals surface area contributed by atoms with Gasteiger partial charge in [-0.15, -0.1) is 0 Å². The van der Waals surface area contributed by atoms with Crippen LogP contribution in [0.25, 0.3) is 0 Å². The van der Waals surface area contributed by atoms with Crippen molar-refractivity contribution in [2.45, 2.75) is 64.5 Å². The number of likely N-dealkylation sites (tertiary alicyclic amines) is 1. The van der Waals surface area contributed by atoms with E-state index in [1.54, 1.807) is 17.7 Å². The molecule has 1 saturated heterocycles. The molecule has 4 rings (SSSR count). The molecule has 2 aromatic rings. The van der Waals surface area contributed by atoms with Gasteiger partial charge in [-0.25, -0.2) is 9.67 Å². The molecule has 1 fully saturated rings. The number of aromatic nitrogens is 3. The van der Waals surface area contributed by atoms with Gasteiger partial charge in [0.15, 0.2) is 11.6 Å². The van der Waals surface area contributed by atoms with E-state index in [0.29, 0.717) is 24.7 Å².